The molecular weight excluding hydrogens is 428 g/mol. The molecule has 0 bridgehead atoms. The summed E-state index contributed by atoms with van der Waals surface area (Å²) < 4.78 is 57.9. The second kappa shape index (κ2) is 9.82. The third kappa shape index (κ3) is 5.65. The summed E-state index contributed by atoms with van der Waals surface area (Å²) >= 11 is 0. The highest BCUT2D eigenvalue weighted by molar-refractivity contribution is 7.92. The van der Waals surface area contributed by atoms with E-state index in [1.807, 2.05) is 6.92 Å². The fraction of sp³-hybridized carbons (Fsp3) is 0.455. The lowest BCUT2D eigenvalue weighted by molar-refractivity contribution is -0.126. The third-order valence-electron chi connectivity index (χ3n) is 5.31. The van der Waals surface area contributed by atoms with Gasteiger partial charge >= 0.3 is 0 Å². The molecule has 1 atom stereocenters. The van der Waals surface area contributed by atoms with Gasteiger partial charge in [0.15, 0.2) is 15.6 Å². The molecule has 2 rings (SSSR count). The first-order valence-electron chi connectivity index (χ1n) is 9.88. The molecule has 0 N–H and O–H groups in total. The number of ether oxygens (including phenoxy) is 1. The maximum absolute atomic E-state index is 14.7. The predicted molar refractivity (Wildman–Crippen MR) is 115 cm³/mol. The van der Waals surface area contributed by atoms with Gasteiger partial charge in [0.1, 0.15) is 23.0 Å². The number of carbonyl (C=O) groups is 1. The Labute approximate surface area is 180 Å². The van der Waals surface area contributed by atoms with E-state index >= 15 is 0 Å². The van der Waals surface area contributed by atoms with Gasteiger partial charge in [-0.3, -0.25) is 9.59 Å². The minimum absolute atomic E-state index is 0.0448. The summed E-state index contributed by atoms with van der Waals surface area (Å²) in [5.74, 6) is -2.12. The molecule has 0 saturated carbocycles. The van der Waals surface area contributed by atoms with E-state index in [1.165, 1.54) is 19.1 Å². The Morgan fingerprint density at radius 1 is 1.16 bits per heavy atom. The monoisotopic (exact) mass is 455 g/mol. The summed E-state index contributed by atoms with van der Waals surface area (Å²) in [6.45, 7) is 4.55. The number of benzene rings is 1. The maximum Gasteiger partial charge on any atom is 0.251 e. The fourth-order valence-corrected chi connectivity index (χ4v) is 4.03. The Kier molecular flexibility index (Phi) is 7.88. The quantitative estimate of drug-likeness (QED) is 0.514. The molecule has 1 heterocycles. The van der Waals surface area contributed by atoms with Crippen LogP contribution in [0.4, 0.5) is 8.78 Å². The predicted octanol–water partition coefficient (Wildman–Crippen LogP) is 3.29. The van der Waals surface area contributed by atoms with Gasteiger partial charge in [-0.15, -0.1) is 0 Å². The largest absolute Gasteiger partial charge is 0.374 e. The Morgan fingerprint density at radius 2 is 1.84 bits per heavy atom. The van der Waals surface area contributed by atoms with Gasteiger partial charge in [-0.25, -0.2) is 17.2 Å². The van der Waals surface area contributed by atoms with Crippen molar-refractivity contribution < 1.29 is 26.7 Å². The van der Waals surface area contributed by atoms with Crippen LogP contribution in [0.5, 0.6) is 0 Å². The lowest BCUT2D eigenvalue weighted by Gasteiger charge is -2.26. The standard InChI is InChI=1S/C22H27F2NO5S/c1-5-10-30-14-20(26)22(3,31(4,28)29)8-9-25-13-19(24)17(12-21(25)27)16-7-6-15(2)11-18(16)23/h6-7,11-13H,5,8-10,14H2,1-4H3. The Morgan fingerprint density at radius 3 is 2.42 bits per heavy atom. The normalized spacial score (nSPS) is 13.7. The highest BCUT2D eigenvalue weighted by Crippen LogP contribution is 2.26. The second-order valence-electron chi connectivity index (χ2n) is 7.78. The average molecular weight is 456 g/mol. The van der Waals surface area contributed by atoms with E-state index in [0.29, 0.717) is 18.6 Å². The lowest BCUT2D eigenvalue weighted by atomic mass is 10.0. The topological polar surface area (TPSA) is 82.4 Å². The maximum atomic E-state index is 14.7. The van der Waals surface area contributed by atoms with Gasteiger partial charge in [-0.2, -0.15) is 0 Å². The molecular formula is C22H27F2NO5S. The van der Waals surface area contributed by atoms with Crippen LogP contribution in [0.25, 0.3) is 11.1 Å². The van der Waals surface area contributed by atoms with Crippen molar-refractivity contribution in [2.45, 2.75) is 44.9 Å². The molecule has 2 aromatic rings. The van der Waals surface area contributed by atoms with E-state index < -0.39 is 37.6 Å². The molecule has 0 saturated heterocycles. The van der Waals surface area contributed by atoms with Gasteiger partial charge < -0.3 is 9.30 Å². The van der Waals surface area contributed by atoms with Gasteiger partial charge in [0.2, 0.25) is 0 Å². The van der Waals surface area contributed by atoms with Crippen molar-refractivity contribution in [2.75, 3.05) is 19.5 Å². The highest BCUT2D eigenvalue weighted by atomic mass is 32.2. The number of aromatic nitrogens is 1. The summed E-state index contributed by atoms with van der Waals surface area (Å²) in [5.41, 5.74) is -0.213. The Hall–Kier alpha value is -2.39. The van der Waals surface area contributed by atoms with Crippen molar-refractivity contribution in [2.24, 2.45) is 0 Å². The van der Waals surface area contributed by atoms with Crippen LogP contribution >= 0.6 is 0 Å². The van der Waals surface area contributed by atoms with Crippen LogP contribution in [0.15, 0.2) is 35.3 Å². The molecule has 9 heteroatoms. The van der Waals surface area contributed by atoms with Gasteiger partial charge in [0, 0.05) is 42.8 Å². The van der Waals surface area contributed by atoms with Crippen molar-refractivity contribution >= 4 is 15.6 Å². The molecule has 0 aliphatic rings. The lowest BCUT2D eigenvalue weighted by Crippen LogP contribution is -2.46. The van der Waals surface area contributed by atoms with E-state index in [1.54, 1.807) is 13.0 Å². The number of rotatable bonds is 10. The van der Waals surface area contributed by atoms with Gasteiger partial charge in [-0.1, -0.05) is 19.1 Å². The van der Waals surface area contributed by atoms with Crippen LogP contribution in [0, 0.1) is 18.6 Å². The van der Waals surface area contributed by atoms with Crippen molar-refractivity contribution in [3.63, 3.8) is 0 Å². The summed E-state index contributed by atoms with van der Waals surface area (Å²) in [6.07, 6.45) is 2.28. The number of nitrogens with zero attached hydrogens (tertiary/aromatic N) is 1. The number of halogens is 2. The number of sulfone groups is 1. The smallest absolute Gasteiger partial charge is 0.251 e. The minimum Gasteiger partial charge on any atom is -0.374 e. The van der Waals surface area contributed by atoms with E-state index in [9.17, 15) is 26.8 Å². The number of hydrogen-bond donors (Lipinski definition) is 0. The zero-order valence-corrected chi connectivity index (χ0v) is 18.9. The van der Waals surface area contributed by atoms with Gasteiger partial charge in [0.25, 0.3) is 5.56 Å². The molecule has 170 valence electrons. The van der Waals surface area contributed by atoms with E-state index in [4.69, 9.17) is 4.74 Å². The van der Waals surface area contributed by atoms with Crippen molar-refractivity contribution in [1.82, 2.24) is 4.57 Å². The van der Waals surface area contributed by atoms with Crippen molar-refractivity contribution in [3.8, 4) is 11.1 Å². The van der Waals surface area contributed by atoms with E-state index in [0.717, 1.165) is 23.1 Å². The zero-order chi connectivity index (χ0) is 23.4. The van der Waals surface area contributed by atoms with Crippen LogP contribution in [-0.4, -0.2) is 43.0 Å². The average Bonchev–Trinajstić information content (AvgIpc) is 2.67. The summed E-state index contributed by atoms with van der Waals surface area (Å²) in [4.78, 5) is 25.1. The fourth-order valence-electron chi connectivity index (χ4n) is 3.09. The molecule has 0 aliphatic heterocycles. The van der Waals surface area contributed by atoms with Crippen molar-refractivity contribution in [1.29, 1.82) is 0 Å². The molecule has 1 aromatic heterocycles. The number of aryl methyl sites for hydroxylation is 2. The molecule has 31 heavy (non-hydrogen) atoms. The first-order chi connectivity index (χ1) is 14.4. The summed E-state index contributed by atoms with van der Waals surface area (Å²) in [7, 11) is -3.84. The summed E-state index contributed by atoms with van der Waals surface area (Å²) in [6, 6.07) is 5.20. The molecule has 6 nitrogen and oxygen atoms in total. The van der Waals surface area contributed by atoms with Gasteiger partial charge in [0.05, 0.1) is 0 Å². The Balaban J connectivity index is 2.32. The van der Waals surface area contributed by atoms with E-state index in [-0.39, 0.29) is 30.7 Å². The molecule has 0 radical (unpaired) electrons. The molecule has 0 fully saturated rings. The summed E-state index contributed by atoms with van der Waals surface area (Å²) in [5, 5.41) is 0. The number of carbonyl (C=O) groups excluding carboxylic acids is 1. The molecule has 0 aliphatic carbocycles. The number of ketones is 1. The van der Waals surface area contributed by atoms with Crippen LogP contribution in [0.2, 0.25) is 0 Å². The van der Waals surface area contributed by atoms with Crippen LogP contribution in [-0.2, 0) is 25.9 Å². The Bertz CT molecular complexity index is 1130. The van der Waals surface area contributed by atoms with Crippen LogP contribution in [0.1, 0.15) is 32.3 Å². The molecule has 0 amide bonds. The highest BCUT2D eigenvalue weighted by Gasteiger charge is 2.42. The first kappa shape index (κ1) is 24.9. The SMILES string of the molecule is CCCOCC(=O)C(C)(CCn1cc(F)c(-c2ccc(C)cc2F)cc1=O)S(C)(=O)=O. The number of hydrogen-bond acceptors (Lipinski definition) is 5. The molecule has 0 spiro atoms. The van der Waals surface area contributed by atoms with E-state index in [2.05, 4.69) is 0 Å². The van der Waals surface area contributed by atoms with Crippen LogP contribution < -0.4 is 5.56 Å². The van der Waals surface area contributed by atoms with Gasteiger partial charge in [-0.05, 0) is 38.3 Å². The second-order valence-corrected chi connectivity index (χ2v) is 10.2. The minimum atomic E-state index is -3.84. The van der Waals surface area contributed by atoms with Crippen LogP contribution in [0.3, 0.4) is 0 Å². The van der Waals surface area contributed by atoms with Crippen molar-refractivity contribution in [3.05, 3.63) is 58.0 Å². The zero-order valence-electron chi connectivity index (χ0n) is 18.1. The molecule has 1 unspecified atom stereocenters. The number of pyridine rings is 1. The third-order valence-corrected chi connectivity index (χ3v) is 7.38. The molecule has 1 aromatic carbocycles. The number of Topliss-reactive ketones (excluding diaryl/α,β-unsaturated/α-hetero) is 1. The first-order valence-corrected chi connectivity index (χ1v) is 11.8.